The molecule has 0 aliphatic rings. The van der Waals surface area contributed by atoms with Gasteiger partial charge in [-0.3, -0.25) is 18.6 Å². The number of hydrogen-bond acceptors (Lipinski definition) is 7. The molecule has 0 saturated carbocycles. The van der Waals surface area contributed by atoms with E-state index in [9.17, 15) is 19.0 Å². The molecule has 1 N–H and O–H groups in total. The maximum Gasteiger partial charge on any atom is 0.472 e. The number of carbonyl (C=O) groups excluding carboxylic acids is 2. The lowest BCUT2D eigenvalue weighted by molar-refractivity contribution is -0.870. The van der Waals surface area contributed by atoms with Crippen LogP contribution < -0.4 is 0 Å². The van der Waals surface area contributed by atoms with Crippen LogP contribution >= 0.6 is 7.82 Å². The van der Waals surface area contributed by atoms with E-state index >= 15 is 0 Å². The lowest BCUT2D eigenvalue weighted by Crippen LogP contribution is -2.37. The highest BCUT2D eigenvalue weighted by Crippen LogP contribution is 2.43. The van der Waals surface area contributed by atoms with Crippen molar-refractivity contribution in [3.8, 4) is 0 Å². The van der Waals surface area contributed by atoms with Crippen molar-refractivity contribution in [2.45, 2.75) is 129 Å². The Bertz CT molecular complexity index is 668. The van der Waals surface area contributed by atoms with Crippen LogP contribution in [0.2, 0.25) is 0 Å². The van der Waals surface area contributed by atoms with Gasteiger partial charge in [-0.1, -0.05) is 97.3 Å². The largest absolute Gasteiger partial charge is 0.472 e. The summed E-state index contributed by atoms with van der Waals surface area (Å²) in [5.41, 5.74) is 0. The second kappa shape index (κ2) is 23.7. The average Bonchev–Trinajstić information content (AvgIpc) is 2.85. The minimum absolute atomic E-state index is 0.0353. The van der Waals surface area contributed by atoms with Crippen molar-refractivity contribution in [1.82, 2.24) is 0 Å². The van der Waals surface area contributed by atoms with Crippen molar-refractivity contribution in [2.24, 2.45) is 0 Å². The monoisotopic (exact) mass is 580 g/mol. The predicted molar refractivity (Wildman–Crippen MR) is 155 cm³/mol. The fourth-order valence-electron chi connectivity index (χ4n) is 3.89. The molecule has 9 nitrogen and oxygen atoms in total. The van der Waals surface area contributed by atoms with Crippen LogP contribution in [0.1, 0.15) is 123 Å². The van der Waals surface area contributed by atoms with E-state index in [2.05, 4.69) is 13.8 Å². The van der Waals surface area contributed by atoms with Crippen LogP contribution in [0.5, 0.6) is 0 Å². The smallest absolute Gasteiger partial charge is 0.462 e. The standard InChI is InChI=1S/C29H58NO8P/c1-6-8-10-12-14-16-18-20-22-29(32)38-27(26-37-39(33,34)36-24-23-30(3,4)5)25-35-28(31)21-19-17-15-13-11-9-7-2/h27H,6-26H2,1-5H3/p+1/t27-/m0/s1. The van der Waals surface area contributed by atoms with Gasteiger partial charge in [-0.2, -0.15) is 0 Å². The third-order valence-corrected chi connectivity index (χ3v) is 7.37. The van der Waals surface area contributed by atoms with Gasteiger partial charge in [0.1, 0.15) is 19.8 Å². The zero-order valence-electron chi connectivity index (χ0n) is 25.6. The summed E-state index contributed by atoms with van der Waals surface area (Å²) in [5, 5.41) is 0. The molecule has 232 valence electrons. The molecule has 0 spiro atoms. The molecular formula is C29H59NO8P+. The first-order valence-corrected chi connectivity index (χ1v) is 16.8. The van der Waals surface area contributed by atoms with E-state index in [4.69, 9.17) is 18.5 Å². The van der Waals surface area contributed by atoms with Crippen LogP contribution in [0.25, 0.3) is 0 Å². The Labute approximate surface area is 238 Å². The van der Waals surface area contributed by atoms with Gasteiger partial charge in [0.05, 0.1) is 27.7 Å². The van der Waals surface area contributed by atoms with Gasteiger partial charge in [-0.25, -0.2) is 4.57 Å². The normalized spacial score (nSPS) is 14.1. The van der Waals surface area contributed by atoms with Crippen LogP contribution in [0, 0.1) is 0 Å². The molecule has 0 rings (SSSR count). The molecule has 0 aromatic rings. The van der Waals surface area contributed by atoms with Gasteiger partial charge in [0.2, 0.25) is 0 Å². The zero-order valence-corrected chi connectivity index (χ0v) is 26.5. The maximum absolute atomic E-state index is 12.4. The van der Waals surface area contributed by atoms with E-state index in [1.807, 2.05) is 21.1 Å². The minimum Gasteiger partial charge on any atom is -0.462 e. The van der Waals surface area contributed by atoms with Crippen LogP contribution in [0.3, 0.4) is 0 Å². The van der Waals surface area contributed by atoms with Crippen molar-refractivity contribution in [3.63, 3.8) is 0 Å². The van der Waals surface area contributed by atoms with Crippen LogP contribution in [-0.4, -0.2) is 74.9 Å². The quantitative estimate of drug-likeness (QED) is 0.0481. The molecule has 0 heterocycles. The van der Waals surface area contributed by atoms with Gasteiger partial charge in [-0.15, -0.1) is 0 Å². The van der Waals surface area contributed by atoms with Crippen molar-refractivity contribution in [1.29, 1.82) is 0 Å². The summed E-state index contributed by atoms with van der Waals surface area (Å²) in [6.07, 6.45) is 16.1. The summed E-state index contributed by atoms with van der Waals surface area (Å²) >= 11 is 0. The minimum atomic E-state index is -4.34. The van der Waals surface area contributed by atoms with E-state index in [0.717, 1.165) is 32.1 Å². The number of carbonyl (C=O) groups is 2. The first-order chi connectivity index (χ1) is 18.5. The SMILES string of the molecule is CCCCCCCCCCC(=O)O[C@@H](COC(=O)CCCCCCCCC)COP(=O)(O)OCC[N+](C)(C)C. The molecule has 0 aliphatic heterocycles. The number of esters is 2. The van der Waals surface area contributed by atoms with Crippen LogP contribution in [-0.2, 0) is 32.7 Å². The molecule has 0 fully saturated rings. The first-order valence-electron chi connectivity index (χ1n) is 15.3. The van der Waals surface area contributed by atoms with Crippen molar-refractivity contribution in [3.05, 3.63) is 0 Å². The fourth-order valence-corrected chi connectivity index (χ4v) is 4.63. The molecule has 0 saturated heterocycles. The second-order valence-electron chi connectivity index (χ2n) is 11.5. The highest BCUT2D eigenvalue weighted by atomic mass is 31.2. The Morgan fingerprint density at radius 3 is 1.64 bits per heavy atom. The molecule has 0 aromatic carbocycles. The number of phosphoric acid groups is 1. The van der Waals surface area contributed by atoms with E-state index < -0.39 is 26.5 Å². The first kappa shape index (κ1) is 38.0. The maximum atomic E-state index is 12.4. The second-order valence-corrected chi connectivity index (χ2v) is 13.0. The Morgan fingerprint density at radius 1 is 0.692 bits per heavy atom. The third kappa shape index (κ3) is 27.0. The van der Waals surface area contributed by atoms with Gasteiger partial charge in [0, 0.05) is 12.8 Å². The number of quaternary nitrogens is 1. The number of nitrogens with zero attached hydrogens (tertiary/aromatic N) is 1. The topological polar surface area (TPSA) is 108 Å². The van der Waals surface area contributed by atoms with Gasteiger partial charge < -0.3 is 18.9 Å². The number of rotatable bonds is 27. The van der Waals surface area contributed by atoms with Crippen molar-refractivity contribution in [2.75, 3.05) is 47.5 Å². The Balaban J connectivity index is 4.56. The molecule has 0 aliphatic carbocycles. The lowest BCUT2D eigenvalue weighted by Gasteiger charge is -2.24. The zero-order chi connectivity index (χ0) is 29.4. The molecule has 0 bridgehead atoms. The van der Waals surface area contributed by atoms with E-state index in [-0.39, 0.29) is 25.6 Å². The summed E-state index contributed by atoms with van der Waals surface area (Å²) in [6, 6.07) is 0. The Kier molecular flexibility index (Phi) is 23.1. The average molecular weight is 581 g/mol. The number of hydrogen-bond donors (Lipinski definition) is 1. The van der Waals surface area contributed by atoms with Gasteiger partial charge >= 0.3 is 19.8 Å². The highest BCUT2D eigenvalue weighted by molar-refractivity contribution is 7.47. The molecule has 0 amide bonds. The molecular weight excluding hydrogens is 521 g/mol. The number of likely N-dealkylation sites (N-methyl/N-ethyl adjacent to an activating group) is 1. The Morgan fingerprint density at radius 2 is 1.15 bits per heavy atom. The number of unbranched alkanes of at least 4 members (excludes halogenated alkanes) is 13. The lowest BCUT2D eigenvalue weighted by atomic mass is 10.1. The summed E-state index contributed by atoms with van der Waals surface area (Å²) < 4.78 is 33.8. The Hall–Kier alpha value is -0.990. The molecule has 39 heavy (non-hydrogen) atoms. The van der Waals surface area contributed by atoms with E-state index in [0.29, 0.717) is 23.9 Å². The summed E-state index contributed by atoms with van der Waals surface area (Å²) in [6.45, 7) is 4.30. The van der Waals surface area contributed by atoms with Gasteiger partial charge in [0.15, 0.2) is 6.10 Å². The highest BCUT2D eigenvalue weighted by Gasteiger charge is 2.27. The molecule has 1 unspecified atom stereocenters. The summed E-state index contributed by atoms with van der Waals surface area (Å²) in [5.74, 6) is -0.810. The number of ether oxygens (including phenoxy) is 2. The summed E-state index contributed by atoms with van der Waals surface area (Å²) in [4.78, 5) is 34.6. The van der Waals surface area contributed by atoms with E-state index in [1.54, 1.807) is 0 Å². The molecule has 0 radical (unpaired) electrons. The fraction of sp³-hybridized carbons (Fsp3) is 0.931. The molecule has 10 heteroatoms. The van der Waals surface area contributed by atoms with Crippen molar-refractivity contribution >= 4 is 19.8 Å². The van der Waals surface area contributed by atoms with Gasteiger partial charge in [0.25, 0.3) is 0 Å². The van der Waals surface area contributed by atoms with Crippen LogP contribution in [0.15, 0.2) is 0 Å². The number of phosphoric ester groups is 1. The molecule has 2 atom stereocenters. The van der Waals surface area contributed by atoms with Crippen molar-refractivity contribution < 1.29 is 42.1 Å². The summed E-state index contributed by atoms with van der Waals surface area (Å²) in [7, 11) is 1.48. The molecule has 0 aromatic heterocycles. The van der Waals surface area contributed by atoms with Gasteiger partial charge in [-0.05, 0) is 12.8 Å². The van der Waals surface area contributed by atoms with E-state index in [1.165, 1.54) is 57.8 Å². The van der Waals surface area contributed by atoms with Crippen LogP contribution in [0.4, 0.5) is 0 Å². The predicted octanol–water partition coefficient (Wildman–Crippen LogP) is 6.95. The third-order valence-electron chi connectivity index (χ3n) is 6.39.